The molecule has 0 spiro atoms. The number of halogens is 4. The van der Waals surface area contributed by atoms with Crippen molar-refractivity contribution < 1.29 is 27.5 Å². The van der Waals surface area contributed by atoms with Crippen LogP contribution in [0.25, 0.3) is 0 Å². The minimum atomic E-state index is -4.38. The molecule has 0 unspecified atom stereocenters. The highest BCUT2D eigenvalue weighted by molar-refractivity contribution is 14.0. The molecule has 3 N–H and O–H groups in total. The summed E-state index contributed by atoms with van der Waals surface area (Å²) in [5.41, 5.74) is 0.783. The van der Waals surface area contributed by atoms with Crippen molar-refractivity contribution in [1.82, 2.24) is 20.9 Å². The maximum Gasteiger partial charge on any atom is 0.422 e. The number of nitrogens with zero attached hydrogens (tertiary/aromatic N) is 2. The van der Waals surface area contributed by atoms with Crippen molar-refractivity contribution in [2.24, 2.45) is 4.99 Å². The lowest BCUT2D eigenvalue weighted by Gasteiger charge is -2.15. The number of carbonyl (C=O) groups excluding carboxylic acids is 2. The number of ether oxygens (including phenoxy) is 1. The van der Waals surface area contributed by atoms with Gasteiger partial charge in [0.2, 0.25) is 5.91 Å². The molecule has 0 saturated carbocycles. The van der Waals surface area contributed by atoms with Crippen molar-refractivity contribution >= 4 is 41.9 Å². The number of amides is 3. The lowest BCUT2D eigenvalue weighted by Crippen LogP contribution is -2.43. The molecule has 1 aliphatic heterocycles. The minimum Gasteiger partial charge on any atom is -0.484 e. The normalized spacial score (nSPS) is 14.3. The third-order valence-corrected chi connectivity index (χ3v) is 3.65. The smallest absolute Gasteiger partial charge is 0.422 e. The first-order valence-corrected chi connectivity index (χ1v) is 8.67. The first kappa shape index (κ1) is 24.8. The van der Waals surface area contributed by atoms with E-state index in [1.54, 1.807) is 12.1 Å². The molecule has 0 aliphatic carbocycles. The van der Waals surface area contributed by atoms with Crippen molar-refractivity contribution in [1.29, 1.82) is 0 Å². The molecule has 2 rings (SSSR count). The number of benzene rings is 1. The van der Waals surface area contributed by atoms with Crippen molar-refractivity contribution in [3.63, 3.8) is 0 Å². The molecule has 0 radical (unpaired) electrons. The van der Waals surface area contributed by atoms with Crippen molar-refractivity contribution in [3.05, 3.63) is 29.8 Å². The third kappa shape index (κ3) is 8.75. The molecule has 1 saturated heterocycles. The molecule has 1 heterocycles. The van der Waals surface area contributed by atoms with Gasteiger partial charge in [0.15, 0.2) is 12.6 Å². The number of imide groups is 1. The summed E-state index contributed by atoms with van der Waals surface area (Å²) in [6, 6.07) is 5.75. The van der Waals surface area contributed by atoms with Crippen LogP contribution in [0, 0.1) is 0 Å². The van der Waals surface area contributed by atoms with Crippen molar-refractivity contribution in [2.75, 3.05) is 32.8 Å². The van der Waals surface area contributed by atoms with Gasteiger partial charge in [-0.15, -0.1) is 24.0 Å². The Morgan fingerprint density at radius 3 is 2.48 bits per heavy atom. The van der Waals surface area contributed by atoms with Gasteiger partial charge in [-0.3, -0.25) is 9.69 Å². The lowest BCUT2D eigenvalue weighted by molar-refractivity contribution is -0.153. The highest BCUT2D eigenvalue weighted by Crippen LogP contribution is 2.19. The predicted molar refractivity (Wildman–Crippen MR) is 111 cm³/mol. The quantitative estimate of drug-likeness (QED) is 0.207. The second-order valence-corrected chi connectivity index (χ2v) is 5.87. The topological polar surface area (TPSA) is 95.1 Å². The zero-order valence-corrected chi connectivity index (χ0v) is 18.0. The molecular weight excluding hydrogens is 506 g/mol. The molecule has 162 valence electrons. The number of nitrogens with one attached hydrogen (secondary N) is 3. The summed E-state index contributed by atoms with van der Waals surface area (Å²) in [7, 11) is 0. The van der Waals surface area contributed by atoms with Gasteiger partial charge in [0, 0.05) is 19.6 Å². The van der Waals surface area contributed by atoms with E-state index in [0.717, 1.165) is 10.5 Å². The Morgan fingerprint density at radius 1 is 1.24 bits per heavy atom. The van der Waals surface area contributed by atoms with Crippen LogP contribution in [0.5, 0.6) is 5.75 Å². The fourth-order valence-electron chi connectivity index (χ4n) is 2.34. The highest BCUT2D eigenvalue weighted by Gasteiger charge is 2.28. The number of urea groups is 1. The number of alkyl halides is 3. The first-order valence-electron chi connectivity index (χ1n) is 8.67. The van der Waals surface area contributed by atoms with Gasteiger partial charge < -0.3 is 20.7 Å². The average Bonchev–Trinajstić information content (AvgIpc) is 2.96. The Kier molecular flexibility index (Phi) is 9.98. The van der Waals surface area contributed by atoms with Gasteiger partial charge in [-0.05, 0) is 24.6 Å². The fourth-order valence-corrected chi connectivity index (χ4v) is 2.34. The van der Waals surface area contributed by atoms with E-state index >= 15 is 0 Å². The summed E-state index contributed by atoms with van der Waals surface area (Å²) >= 11 is 0. The third-order valence-electron chi connectivity index (χ3n) is 3.65. The summed E-state index contributed by atoms with van der Waals surface area (Å²) in [6.45, 7) is 2.00. The summed E-state index contributed by atoms with van der Waals surface area (Å²) in [6.07, 6.45) is -4.38. The Bertz CT molecular complexity index is 697. The Balaban J connectivity index is 0.00000420. The Labute approximate surface area is 183 Å². The molecular formula is C17H23F3IN5O3. The van der Waals surface area contributed by atoms with Gasteiger partial charge in [0.1, 0.15) is 5.75 Å². The van der Waals surface area contributed by atoms with E-state index < -0.39 is 18.8 Å². The summed E-state index contributed by atoms with van der Waals surface area (Å²) in [5, 5.41) is 8.50. The summed E-state index contributed by atoms with van der Waals surface area (Å²) in [5.74, 6) is 0.345. The number of carbonyl (C=O) groups is 2. The van der Waals surface area contributed by atoms with Crippen LogP contribution in [0.1, 0.15) is 12.5 Å². The fraction of sp³-hybridized carbons (Fsp3) is 0.471. The standard InChI is InChI=1S/C17H22F3N5O3.HI/c1-2-21-15(22-7-8-25-14(26)10-24-16(25)27)23-9-12-3-5-13(6-4-12)28-11-17(18,19)20;/h3-6H,2,7-11H2,1H3,(H,24,27)(H2,21,22,23);1H. The molecule has 1 aromatic rings. The van der Waals surface area contributed by atoms with E-state index in [4.69, 9.17) is 0 Å². The zero-order valence-electron chi connectivity index (χ0n) is 15.7. The average molecular weight is 529 g/mol. The van der Waals surface area contributed by atoms with E-state index in [0.29, 0.717) is 19.0 Å². The van der Waals surface area contributed by atoms with Crippen LogP contribution in [-0.2, 0) is 11.3 Å². The molecule has 8 nitrogen and oxygen atoms in total. The number of hydrogen-bond acceptors (Lipinski definition) is 4. The van der Waals surface area contributed by atoms with E-state index in [2.05, 4.69) is 25.7 Å². The van der Waals surface area contributed by atoms with E-state index in [1.807, 2.05) is 6.92 Å². The van der Waals surface area contributed by atoms with Gasteiger partial charge >= 0.3 is 12.2 Å². The molecule has 0 bridgehead atoms. The van der Waals surface area contributed by atoms with Gasteiger partial charge in [0.05, 0.1) is 13.1 Å². The van der Waals surface area contributed by atoms with Crippen molar-refractivity contribution in [3.8, 4) is 5.75 Å². The first-order chi connectivity index (χ1) is 13.3. The van der Waals surface area contributed by atoms with Crippen LogP contribution >= 0.6 is 24.0 Å². The van der Waals surface area contributed by atoms with Crippen LogP contribution < -0.4 is 20.7 Å². The summed E-state index contributed by atoms with van der Waals surface area (Å²) in [4.78, 5) is 28.5. The molecule has 0 aromatic heterocycles. The Hall–Kier alpha value is -2.25. The van der Waals surface area contributed by atoms with Gasteiger partial charge in [-0.25, -0.2) is 9.79 Å². The zero-order chi connectivity index (χ0) is 20.6. The molecule has 29 heavy (non-hydrogen) atoms. The molecule has 3 amide bonds. The minimum absolute atomic E-state index is 0. The van der Waals surface area contributed by atoms with Gasteiger partial charge in [-0.2, -0.15) is 13.2 Å². The van der Waals surface area contributed by atoms with Gasteiger partial charge in [0.25, 0.3) is 0 Å². The van der Waals surface area contributed by atoms with Gasteiger partial charge in [-0.1, -0.05) is 12.1 Å². The van der Waals surface area contributed by atoms with Crippen LogP contribution in [0.2, 0.25) is 0 Å². The Morgan fingerprint density at radius 2 is 1.93 bits per heavy atom. The lowest BCUT2D eigenvalue weighted by atomic mass is 10.2. The maximum absolute atomic E-state index is 12.1. The maximum atomic E-state index is 12.1. The number of aliphatic imine (C=N–C) groups is 1. The monoisotopic (exact) mass is 529 g/mol. The molecule has 1 aromatic carbocycles. The molecule has 12 heteroatoms. The second kappa shape index (κ2) is 11.7. The van der Waals surface area contributed by atoms with Crippen LogP contribution in [0.3, 0.4) is 0 Å². The largest absolute Gasteiger partial charge is 0.484 e. The number of rotatable bonds is 8. The van der Waals surface area contributed by atoms with E-state index in [-0.39, 0.29) is 55.3 Å². The van der Waals surface area contributed by atoms with Crippen LogP contribution in [-0.4, -0.2) is 61.8 Å². The van der Waals surface area contributed by atoms with E-state index in [9.17, 15) is 22.8 Å². The second-order valence-electron chi connectivity index (χ2n) is 5.87. The predicted octanol–water partition coefficient (Wildman–Crippen LogP) is 1.85. The van der Waals surface area contributed by atoms with E-state index in [1.165, 1.54) is 12.1 Å². The number of guanidine groups is 1. The number of hydrogen-bond donors (Lipinski definition) is 3. The van der Waals surface area contributed by atoms with Crippen LogP contribution in [0.4, 0.5) is 18.0 Å². The van der Waals surface area contributed by atoms with Crippen molar-refractivity contribution in [2.45, 2.75) is 19.6 Å². The summed E-state index contributed by atoms with van der Waals surface area (Å²) < 4.78 is 41.1. The van der Waals surface area contributed by atoms with Crippen LogP contribution in [0.15, 0.2) is 29.3 Å². The molecule has 1 aliphatic rings. The molecule has 0 atom stereocenters. The SMILES string of the molecule is CCNC(=NCc1ccc(OCC(F)(F)F)cc1)NCCN1C(=O)CNC1=O.I. The molecule has 1 fully saturated rings. The highest BCUT2D eigenvalue weighted by atomic mass is 127.